The summed E-state index contributed by atoms with van der Waals surface area (Å²) in [6, 6.07) is 0.860. The number of nitrogens with one attached hydrogen (secondary N) is 2. The average Bonchev–Trinajstić information content (AvgIpc) is 2.83. The van der Waals surface area contributed by atoms with Gasteiger partial charge < -0.3 is 15.4 Å². The zero-order valence-corrected chi connectivity index (χ0v) is 9.30. The predicted molar refractivity (Wildman–Crippen MR) is 57.7 cm³/mol. The van der Waals surface area contributed by atoms with Crippen LogP contribution >= 0.6 is 0 Å². The molecule has 1 unspecified atom stereocenters. The highest BCUT2D eigenvalue weighted by atomic mass is 19.2. The van der Waals surface area contributed by atoms with Crippen molar-refractivity contribution in [3.05, 3.63) is 29.6 Å². The highest BCUT2D eigenvalue weighted by Crippen LogP contribution is 2.19. The molecule has 1 aliphatic rings. The number of amides is 2. The minimum absolute atomic E-state index is 0.154. The summed E-state index contributed by atoms with van der Waals surface area (Å²) < 4.78 is 43.9. The van der Waals surface area contributed by atoms with E-state index in [2.05, 4.69) is 10.6 Å². The lowest BCUT2D eigenvalue weighted by atomic mass is 10.2. The van der Waals surface area contributed by atoms with Crippen molar-refractivity contribution in [1.29, 1.82) is 0 Å². The van der Waals surface area contributed by atoms with Crippen molar-refractivity contribution >= 4 is 11.7 Å². The zero-order valence-electron chi connectivity index (χ0n) is 9.30. The van der Waals surface area contributed by atoms with Gasteiger partial charge >= 0.3 is 6.03 Å². The van der Waals surface area contributed by atoms with E-state index in [0.29, 0.717) is 19.6 Å². The molecule has 1 saturated heterocycles. The molecule has 1 aromatic rings. The summed E-state index contributed by atoms with van der Waals surface area (Å²) >= 11 is 0. The zero-order chi connectivity index (χ0) is 13.1. The number of carbonyl (C=O) groups excluding carboxylic acids is 1. The lowest BCUT2D eigenvalue weighted by molar-refractivity contribution is 0.189. The van der Waals surface area contributed by atoms with Crippen LogP contribution in [0, 0.1) is 17.5 Å². The van der Waals surface area contributed by atoms with Gasteiger partial charge in [0.1, 0.15) is 0 Å². The maximum absolute atomic E-state index is 13.3. The van der Waals surface area contributed by atoms with Crippen LogP contribution in [-0.2, 0) is 4.74 Å². The molecule has 0 bridgehead atoms. The molecule has 0 aliphatic carbocycles. The second kappa shape index (κ2) is 5.26. The molecule has 18 heavy (non-hydrogen) atoms. The van der Waals surface area contributed by atoms with Gasteiger partial charge in [0.15, 0.2) is 17.5 Å². The summed E-state index contributed by atoms with van der Waals surface area (Å²) in [6.45, 7) is 0.929. The van der Waals surface area contributed by atoms with Crippen molar-refractivity contribution < 1.29 is 22.7 Å². The fraction of sp³-hybridized carbons (Fsp3) is 0.364. The molecule has 1 atom stereocenters. The molecule has 0 spiro atoms. The van der Waals surface area contributed by atoms with Crippen LogP contribution in [0.3, 0.4) is 0 Å². The van der Waals surface area contributed by atoms with Crippen LogP contribution in [0.1, 0.15) is 6.42 Å². The fourth-order valence-electron chi connectivity index (χ4n) is 1.61. The Morgan fingerprint density at radius 3 is 2.72 bits per heavy atom. The Balaban J connectivity index is 2.00. The molecule has 1 aromatic carbocycles. The van der Waals surface area contributed by atoms with E-state index >= 15 is 0 Å². The summed E-state index contributed by atoms with van der Waals surface area (Å²) in [5.74, 6) is -4.34. The highest BCUT2D eigenvalue weighted by molar-refractivity contribution is 5.89. The fourth-order valence-corrected chi connectivity index (χ4v) is 1.61. The van der Waals surface area contributed by atoms with Gasteiger partial charge in [-0.1, -0.05) is 0 Å². The van der Waals surface area contributed by atoms with Gasteiger partial charge in [-0.25, -0.2) is 18.0 Å². The maximum Gasteiger partial charge on any atom is 0.319 e. The van der Waals surface area contributed by atoms with Crippen LogP contribution in [0.4, 0.5) is 23.7 Å². The first-order valence-electron chi connectivity index (χ1n) is 5.36. The standard InChI is InChI=1S/C11H11F3N2O2/c12-7-1-2-8(10(14)9(7)13)16-11(17)15-6-3-4-18-5-6/h1-2,6H,3-5H2,(H2,15,16,17). The van der Waals surface area contributed by atoms with E-state index < -0.39 is 29.2 Å². The van der Waals surface area contributed by atoms with Gasteiger partial charge in [-0.05, 0) is 18.6 Å². The Hall–Kier alpha value is -1.76. The van der Waals surface area contributed by atoms with Gasteiger partial charge in [0.05, 0.1) is 18.3 Å². The topological polar surface area (TPSA) is 50.4 Å². The number of ether oxygens (including phenoxy) is 1. The van der Waals surface area contributed by atoms with E-state index in [9.17, 15) is 18.0 Å². The van der Waals surface area contributed by atoms with Crippen molar-refractivity contribution in [3.63, 3.8) is 0 Å². The monoisotopic (exact) mass is 260 g/mol. The average molecular weight is 260 g/mol. The second-order valence-corrected chi connectivity index (χ2v) is 3.88. The van der Waals surface area contributed by atoms with E-state index in [0.717, 1.165) is 12.1 Å². The van der Waals surface area contributed by atoms with Crippen molar-refractivity contribution in [3.8, 4) is 0 Å². The maximum atomic E-state index is 13.3. The molecule has 0 aromatic heterocycles. The lowest BCUT2D eigenvalue weighted by Crippen LogP contribution is -2.38. The van der Waals surface area contributed by atoms with Gasteiger partial charge in [0.2, 0.25) is 0 Å². The highest BCUT2D eigenvalue weighted by Gasteiger charge is 2.19. The molecule has 2 rings (SSSR count). The van der Waals surface area contributed by atoms with E-state index in [1.807, 2.05) is 0 Å². The summed E-state index contributed by atoms with van der Waals surface area (Å²) in [5, 5.41) is 4.65. The molecule has 98 valence electrons. The number of hydrogen-bond acceptors (Lipinski definition) is 2. The molecule has 7 heteroatoms. The summed E-state index contributed by atoms with van der Waals surface area (Å²) in [4.78, 5) is 11.5. The first kappa shape index (κ1) is 12.7. The molecule has 2 amide bonds. The Kier molecular flexibility index (Phi) is 3.71. The quantitative estimate of drug-likeness (QED) is 0.799. The molecular weight excluding hydrogens is 249 g/mol. The summed E-state index contributed by atoms with van der Waals surface area (Å²) in [6.07, 6.45) is 0.660. The molecule has 4 nitrogen and oxygen atoms in total. The minimum Gasteiger partial charge on any atom is -0.379 e. The number of urea groups is 1. The van der Waals surface area contributed by atoms with Crippen molar-refractivity contribution in [2.24, 2.45) is 0 Å². The van der Waals surface area contributed by atoms with E-state index in [1.165, 1.54) is 0 Å². The normalized spacial score (nSPS) is 18.7. The SMILES string of the molecule is O=C(Nc1ccc(F)c(F)c1F)NC1CCOC1. The third-order valence-electron chi connectivity index (χ3n) is 2.55. The van der Waals surface area contributed by atoms with Crippen LogP contribution in [0.15, 0.2) is 12.1 Å². The first-order valence-corrected chi connectivity index (χ1v) is 5.36. The Morgan fingerprint density at radius 1 is 1.28 bits per heavy atom. The molecule has 1 fully saturated rings. The number of benzene rings is 1. The van der Waals surface area contributed by atoms with Crippen molar-refractivity contribution in [2.45, 2.75) is 12.5 Å². The van der Waals surface area contributed by atoms with Gasteiger partial charge in [0.25, 0.3) is 0 Å². The summed E-state index contributed by atoms with van der Waals surface area (Å²) in [7, 11) is 0. The molecule has 2 N–H and O–H groups in total. The Morgan fingerprint density at radius 2 is 2.06 bits per heavy atom. The minimum atomic E-state index is -1.61. The van der Waals surface area contributed by atoms with Crippen LogP contribution in [-0.4, -0.2) is 25.3 Å². The van der Waals surface area contributed by atoms with Crippen molar-refractivity contribution in [2.75, 3.05) is 18.5 Å². The molecular formula is C11H11F3N2O2. The number of hydrogen-bond donors (Lipinski definition) is 2. The van der Waals surface area contributed by atoms with Gasteiger partial charge in [-0.2, -0.15) is 0 Å². The van der Waals surface area contributed by atoms with Gasteiger partial charge in [-0.3, -0.25) is 0 Å². The van der Waals surface area contributed by atoms with Crippen LogP contribution in [0.25, 0.3) is 0 Å². The van der Waals surface area contributed by atoms with Crippen molar-refractivity contribution in [1.82, 2.24) is 5.32 Å². The second-order valence-electron chi connectivity index (χ2n) is 3.88. The molecule has 0 saturated carbocycles. The number of anilines is 1. The summed E-state index contributed by atoms with van der Waals surface area (Å²) in [5.41, 5.74) is -0.412. The third-order valence-corrected chi connectivity index (χ3v) is 2.55. The van der Waals surface area contributed by atoms with Crippen LogP contribution < -0.4 is 10.6 Å². The predicted octanol–water partition coefficient (Wildman–Crippen LogP) is 2.01. The number of rotatable bonds is 2. The van der Waals surface area contributed by atoms with E-state index in [4.69, 9.17) is 4.74 Å². The third kappa shape index (κ3) is 2.73. The Bertz CT molecular complexity index is 462. The number of halogens is 3. The smallest absolute Gasteiger partial charge is 0.319 e. The van der Waals surface area contributed by atoms with Gasteiger partial charge in [0, 0.05) is 6.61 Å². The van der Waals surface area contributed by atoms with Crippen LogP contribution in [0.5, 0.6) is 0 Å². The van der Waals surface area contributed by atoms with Gasteiger partial charge in [-0.15, -0.1) is 0 Å². The lowest BCUT2D eigenvalue weighted by Gasteiger charge is -2.12. The van der Waals surface area contributed by atoms with Crippen LogP contribution in [0.2, 0.25) is 0 Å². The molecule has 1 heterocycles. The van der Waals surface area contributed by atoms with E-state index in [-0.39, 0.29) is 6.04 Å². The molecule has 0 radical (unpaired) electrons. The first-order chi connectivity index (χ1) is 8.58. The van der Waals surface area contributed by atoms with E-state index in [1.54, 1.807) is 0 Å². The Labute approximate surface area is 101 Å². The molecule has 1 aliphatic heterocycles. The largest absolute Gasteiger partial charge is 0.379 e. The number of carbonyl (C=O) groups is 1.